The van der Waals surface area contributed by atoms with Crippen LogP contribution in [-0.4, -0.2) is 51.4 Å². The quantitative estimate of drug-likeness (QED) is 0.267. The molecule has 0 radical (unpaired) electrons. The number of methoxy groups -OCH3 is 2. The summed E-state index contributed by atoms with van der Waals surface area (Å²) in [4.78, 5) is 11.3. The summed E-state index contributed by atoms with van der Waals surface area (Å²) in [7, 11) is 5.07. The summed E-state index contributed by atoms with van der Waals surface area (Å²) in [6.07, 6.45) is 5.40. The fourth-order valence-electron chi connectivity index (χ4n) is 3.40. The molecule has 9 nitrogen and oxygen atoms in total. The normalized spacial score (nSPS) is 11.6. The molecule has 0 fully saturated rings. The van der Waals surface area contributed by atoms with Crippen LogP contribution in [0.2, 0.25) is 0 Å². The minimum absolute atomic E-state index is 0.355. The number of hydrogen-bond donors (Lipinski definition) is 1. The van der Waals surface area contributed by atoms with Crippen molar-refractivity contribution in [2.75, 3.05) is 25.7 Å². The van der Waals surface area contributed by atoms with Crippen LogP contribution in [0.5, 0.6) is 11.5 Å². The molecule has 0 amide bonds. The van der Waals surface area contributed by atoms with Gasteiger partial charge >= 0.3 is 0 Å². The highest BCUT2D eigenvalue weighted by molar-refractivity contribution is 5.90. The molecular weight excluding hydrogens is 408 g/mol. The number of rotatable bonds is 7. The molecule has 2 heterocycles. The summed E-state index contributed by atoms with van der Waals surface area (Å²) >= 11 is 0. The van der Waals surface area contributed by atoms with Crippen LogP contribution in [0.4, 0.5) is 11.4 Å². The summed E-state index contributed by atoms with van der Waals surface area (Å²) < 4.78 is 12.6. The van der Waals surface area contributed by atoms with E-state index in [0.29, 0.717) is 23.8 Å². The average molecular weight is 432 g/mol. The van der Waals surface area contributed by atoms with Gasteiger partial charge in [0.05, 0.1) is 55.6 Å². The molecule has 2 aromatic heterocycles. The SMILES string of the molecule is COc1cc(OC)cc(N(C/C(C)=N\O)c2ccc3ncc(-c4cnn(C)c4)nc3c2)c1. The molecule has 0 aliphatic carbocycles. The predicted molar refractivity (Wildman–Crippen MR) is 123 cm³/mol. The van der Waals surface area contributed by atoms with Crippen molar-refractivity contribution < 1.29 is 14.7 Å². The van der Waals surface area contributed by atoms with Crippen LogP contribution < -0.4 is 14.4 Å². The zero-order valence-electron chi connectivity index (χ0n) is 18.4. The third-order valence-electron chi connectivity index (χ3n) is 5.04. The average Bonchev–Trinajstić information content (AvgIpc) is 3.27. The van der Waals surface area contributed by atoms with Crippen molar-refractivity contribution in [3.05, 3.63) is 55.0 Å². The lowest BCUT2D eigenvalue weighted by molar-refractivity contribution is 0.318. The number of aromatic nitrogens is 4. The highest BCUT2D eigenvalue weighted by atomic mass is 16.5. The molecule has 2 aromatic carbocycles. The van der Waals surface area contributed by atoms with Gasteiger partial charge in [-0.25, -0.2) is 4.98 Å². The Morgan fingerprint density at radius 2 is 1.78 bits per heavy atom. The van der Waals surface area contributed by atoms with E-state index in [1.807, 2.05) is 48.5 Å². The highest BCUT2D eigenvalue weighted by Gasteiger charge is 2.15. The fourth-order valence-corrected chi connectivity index (χ4v) is 3.40. The van der Waals surface area contributed by atoms with Crippen LogP contribution in [0.3, 0.4) is 0 Å². The number of nitrogens with zero attached hydrogens (tertiary/aromatic N) is 6. The van der Waals surface area contributed by atoms with Gasteiger partial charge in [-0.3, -0.25) is 9.67 Å². The Hall–Kier alpha value is -4.14. The molecule has 4 rings (SSSR count). The molecule has 1 N–H and O–H groups in total. The second kappa shape index (κ2) is 8.93. The second-order valence-corrected chi connectivity index (χ2v) is 7.32. The van der Waals surface area contributed by atoms with Gasteiger partial charge in [0.1, 0.15) is 11.5 Å². The Kier molecular flexibility index (Phi) is 5.89. The summed E-state index contributed by atoms with van der Waals surface area (Å²) in [6, 6.07) is 11.4. The summed E-state index contributed by atoms with van der Waals surface area (Å²) in [5.41, 5.74) is 5.37. The van der Waals surface area contributed by atoms with Gasteiger partial charge in [0, 0.05) is 48.4 Å². The Morgan fingerprint density at radius 1 is 1.03 bits per heavy atom. The molecule has 0 unspecified atom stereocenters. The maximum Gasteiger partial charge on any atom is 0.124 e. The Labute approximate surface area is 185 Å². The van der Waals surface area contributed by atoms with Crippen molar-refractivity contribution in [1.29, 1.82) is 0 Å². The van der Waals surface area contributed by atoms with Crippen molar-refractivity contribution in [2.24, 2.45) is 12.2 Å². The topological polar surface area (TPSA) is 97.9 Å². The first-order chi connectivity index (χ1) is 15.5. The van der Waals surface area contributed by atoms with E-state index in [9.17, 15) is 5.21 Å². The summed E-state index contributed by atoms with van der Waals surface area (Å²) in [6.45, 7) is 2.11. The van der Waals surface area contributed by atoms with Crippen molar-refractivity contribution in [1.82, 2.24) is 19.7 Å². The van der Waals surface area contributed by atoms with Crippen LogP contribution in [-0.2, 0) is 7.05 Å². The first kappa shape index (κ1) is 21.1. The van der Waals surface area contributed by atoms with Crippen molar-refractivity contribution in [3.8, 4) is 22.8 Å². The summed E-state index contributed by atoms with van der Waals surface area (Å²) in [5.74, 6) is 1.31. The Bertz CT molecular complexity index is 1260. The molecule has 0 atom stereocenters. The van der Waals surface area contributed by atoms with Crippen molar-refractivity contribution in [3.63, 3.8) is 0 Å². The minimum atomic E-state index is 0.355. The molecule has 0 bridgehead atoms. The number of oxime groups is 1. The van der Waals surface area contributed by atoms with E-state index < -0.39 is 0 Å². The second-order valence-electron chi connectivity index (χ2n) is 7.32. The van der Waals surface area contributed by atoms with E-state index in [1.54, 1.807) is 44.3 Å². The zero-order valence-corrected chi connectivity index (χ0v) is 18.4. The van der Waals surface area contributed by atoms with Gasteiger partial charge in [0.15, 0.2) is 0 Å². The van der Waals surface area contributed by atoms with Crippen molar-refractivity contribution in [2.45, 2.75) is 6.92 Å². The Morgan fingerprint density at radius 3 is 2.41 bits per heavy atom. The fraction of sp³-hybridized carbons (Fsp3) is 0.217. The number of aryl methyl sites for hydroxylation is 1. The molecule has 32 heavy (non-hydrogen) atoms. The van der Waals surface area contributed by atoms with E-state index in [1.165, 1.54) is 0 Å². The number of anilines is 2. The van der Waals surface area contributed by atoms with Gasteiger partial charge in [-0.2, -0.15) is 5.10 Å². The molecule has 4 aromatic rings. The monoisotopic (exact) mass is 432 g/mol. The molecule has 164 valence electrons. The van der Waals surface area contributed by atoms with Crippen LogP contribution in [0.1, 0.15) is 6.92 Å². The lowest BCUT2D eigenvalue weighted by atomic mass is 10.1. The largest absolute Gasteiger partial charge is 0.497 e. The van der Waals surface area contributed by atoms with Gasteiger partial charge in [-0.05, 0) is 25.1 Å². The lowest BCUT2D eigenvalue weighted by Crippen LogP contribution is -2.24. The highest BCUT2D eigenvalue weighted by Crippen LogP contribution is 2.34. The molecule has 9 heteroatoms. The number of hydrogen-bond acceptors (Lipinski definition) is 8. The van der Waals surface area contributed by atoms with Gasteiger partial charge in [-0.1, -0.05) is 5.16 Å². The molecular formula is C23H24N6O3. The molecule has 0 aliphatic heterocycles. The number of fused-ring (bicyclic) bond motifs is 1. The summed E-state index contributed by atoms with van der Waals surface area (Å²) in [5, 5.41) is 16.9. The smallest absolute Gasteiger partial charge is 0.124 e. The minimum Gasteiger partial charge on any atom is -0.497 e. The van der Waals surface area contributed by atoms with Crippen LogP contribution in [0, 0.1) is 0 Å². The maximum absolute atomic E-state index is 9.30. The molecule has 0 spiro atoms. The lowest BCUT2D eigenvalue weighted by Gasteiger charge is -2.26. The molecule has 0 aliphatic rings. The predicted octanol–water partition coefficient (Wildman–Crippen LogP) is 4.04. The number of benzene rings is 2. The van der Waals surface area contributed by atoms with E-state index in [4.69, 9.17) is 14.5 Å². The van der Waals surface area contributed by atoms with E-state index in [0.717, 1.165) is 33.7 Å². The van der Waals surface area contributed by atoms with Gasteiger partial charge < -0.3 is 19.6 Å². The van der Waals surface area contributed by atoms with E-state index >= 15 is 0 Å². The van der Waals surface area contributed by atoms with Crippen LogP contribution >= 0.6 is 0 Å². The number of ether oxygens (including phenoxy) is 2. The third-order valence-corrected chi connectivity index (χ3v) is 5.04. The van der Waals surface area contributed by atoms with Crippen LogP contribution in [0.25, 0.3) is 22.3 Å². The van der Waals surface area contributed by atoms with E-state index in [-0.39, 0.29) is 0 Å². The first-order valence-corrected chi connectivity index (χ1v) is 9.94. The standard InChI is InChI=1S/C23H24N6O3/c1-15(27-30)13-29(18-7-19(31-3)10-20(8-18)32-4)17-5-6-21-22(9-17)26-23(12-24-21)16-11-25-28(2)14-16/h5-12,14,30H,13H2,1-4H3/b27-15-. The maximum atomic E-state index is 9.30. The molecule has 0 saturated heterocycles. The van der Waals surface area contributed by atoms with Gasteiger partial charge in [0.25, 0.3) is 0 Å². The van der Waals surface area contributed by atoms with Gasteiger partial charge in [-0.15, -0.1) is 0 Å². The zero-order chi connectivity index (χ0) is 22.7. The Balaban J connectivity index is 1.82. The first-order valence-electron chi connectivity index (χ1n) is 9.94. The van der Waals surface area contributed by atoms with Crippen molar-refractivity contribution >= 4 is 28.1 Å². The molecule has 0 saturated carbocycles. The van der Waals surface area contributed by atoms with Gasteiger partial charge in [0.2, 0.25) is 0 Å². The van der Waals surface area contributed by atoms with Crippen LogP contribution in [0.15, 0.2) is 60.1 Å². The van der Waals surface area contributed by atoms with E-state index in [2.05, 4.69) is 15.2 Å². The third kappa shape index (κ3) is 4.31.